The van der Waals surface area contributed by atoms with E-state index in [4.69, 9.17) is 18.0 Å². The number of nitrogens with one attached hydrogen (secondary N) is 2. The molecule has 0 fully saturated rings. The Bertz CT molecular complexity index is 1190. The summed E-state index contributed by atoms with van der Waals surface area (Å²) in [7, 11) is 0. The van der Waals surface area contributed by atoms with Crippen molar-refractivity contribution < 1.29 is 14.4 Å². The Morgan fingerprint density at radius 3 is 2.20 bits per heavy atom. The smallest absolute Gasteiger partial charge is 0.258 e. The zero-order chi connectivity index (χ0) is 25.4. The van der Waals surface area contributed by atoms with Crippen molar-refractivity contribution in [3.05, 3.63) is 75.7 Å². The third-order valence-electron chi connectivity index (χ3n) is 5.42. The molecule has 184 valence electrons. The Morgan fingerprint density at radius 1 is 1.06 bits per heavy atom. The average molecular weight is 512 g/mol. The Hall–Kier alpha value is -3.21. The number of nitrogens with zero attached hydrogens (tertiary/aromatic N) is 2. The molecule has 0 saturated carbocycles. The maximum Gasteiger partial charge on any atom is 0.258 e. The number of H-pyrrole nitrogens is 1. The fourth-order valence-corrected chi connectivity index (χ4v) is 4.42. The minimum atomic E-state index is -0.970. The first kappa shape index (κ1) is 26.4. The van der Waals surface area contributed by atoms with Crippen LogP contribution in [-0.2, 0) is 27.2 Å². The molecule has 10 heteroatoms. The van der Waals surface area contributed by atoms with Crippen molar-refractivity contribution in [2.24, 2.45) is 11.7 Å². The van der Waals surface area contributed by atoms with Gasteiger partial charge in [-0.1, -0.05) is 85.8 Å². The highest BCUT2D eigenvalue weighted by atomic mass is 32.1. The van der Waals surface area contributed by atoms with Crippen LogP contribution in [0.4, 0.5) is 5.13 Å². The van der Waals surface area contributed by atoms with Gasteiger partial charge < -0.3 is 11.1 Å². The molecule has 1 aromatic heterocycles. The fraction of sp³-hybridized carbons (Fsp3) is 0.320. The lowest BCUT2D eigenvalue weighted by Crippen LogP contribution is -2.56. The lowest BCUT2D eigenvalue weighted by Gasteiger charge is -2.28. The molecule has 0 aliphatic heterocycles. The van der Waals surface area contributed by atoms with Crippen molar-refractivity contribution in [3.63, 3.8) is 0 Å². The zero-order valence-corrected chi connectivity index (χ0v) is 21.3. The number of anilines is 1. The number of amides is 3. The van der Waals surface area contributed by atoms with Crippen LogP contribution in [0.3, 0.4) is 0 Å². The topological polar surface area (TPSA) is 121 Å². The summed E-state index contributed by atoms with van der Waals surface area (Å²) in [6.45, 7) is 3.59. The Morgan fingerprint density at radius 2 is 1.66 bits per heavy atom. The van der Waals surface area contributed by atoms with E-state index in [0.717, 1.165) is 27.4 Å². The molecule has 0 spiro atoms. The Kier molecular flexibility index (Phi) is 9.41. The van der Waals surface area contributed by atoms with Gasteiger partial charge in [0.2, 0.25) is 16.9 Å². The minimum Gasteiger partial charge on any atom is -0.343 e. The first-order chi connectivity index (χ1) is 16.8. The van der Waals surface area contributed by atoms with E-state index >= 15 is 0 Å². The third kappa shape index (κ3) is 7.38. The first-order valence-corrected chi connectivity index (χ1v) is 12.5. The van der Waals surface area contributed by atoms with Gasteiger partial charge in [0.15, 0.2) is 3.95 Å². The zero-order valence-electron chi connectivity index (χ0n) is 19.6. The van der Waals surface area contributed by atoms with Crippen LogP contribution in [-0.4, -0.2) is 40.0 Å². The van der Waals surface area contributed by atoms with Crippen LogP contribution in [0, 0.1) is 9.87 Å². The van der Waals surface area contributed by atoms with Crippen molar-refractivity contribution >= 4 is 46.4 Å². The molecule has 35 heavy (non-hydrogen) atoms. The summed E-state index contributed by atoms with van der Waals surface area (Å²) >= 11 is 6.14. The standard InChI is InChI=1S/C25H29N5O3S2/c1-16(2)21(27-22(32)19(26)15-18-11-7-4-8-12-18)23(33)30(24-28-29-25(34)35-24)20(31)14-13-17-9-5-3-6-10-17/h3-12,16,19,21H,13-15,26H2,1-2H3,(H,27,32)(H,29,34)/t19-,21-/m0/s1. The summed E-state index contributed by atoms with van der Waals surface area (Å²) in [5, 5.41) is 9.58. The van der Waals surface area contributed by atoms with Crippen molar-refractivity contribution in [3.8, 4) is 0 Å². The molecule has 0 aliphatic rings. The van der Waals surface area contributed by atoms with Gasteiger partial charge in [-0.15, -0.1) is 5.10 Å². The van der Waals surface area contributed by atoms with Crippen LogP contribution < -0.4 is 16.0 Å². The Labute approximate surface area is 213 Å². The highest BCUT2D eigenvalue weighted by Gasteiger charge is 2.35. The highest BCUT2D eigenvalue weighted by molar-refractivity contribution is 7.73. The maximum absolute atomic E-state index is 13.6. The van der Waals surface area contributed by atoms with E-state index in [2.05, 4.69) is 15.5 Å². The molecule has 0 unspecified atom stereocenters. The van der Waals surface area contributed by atoms with Crippen LogP contribution in [0.1, 0.15) is 31.4 Å². The average Bonchev–Trinajstić information content (AvgIpc) is 3.27. The van der Waals surface area contributed by atoms with Gasteiger partial charge in [0.25, 0.3) is 5.91 Å². The van der Waals surface area contributed by atoms with E-state index in [-0.39, 0.29) is 17.5 Å². The number of rotatable bonds is 10. The molecular formula is C25H29N5O3S2. The van der Waals surface area contributed by atoms with Crippen molar-refractivity contribution in [2.45, 2.75) is 45.2 Å². The van der Waals surface area contributed by atoms with Crippen LogP contribution in [0.5, 0.6) is 0 Å². The highest BCUT2D eigenvalue weighted by Crippen LogP contribution is 2.22. The molecular weight excluding hydrogens is 482 g/mol. The maximum atomic E-state index is 13.6. The number of hydrogen-bond acceptors (Lipinski definition) is 7. The molecule has 3 aromatic rings. The normalized spacial score (nSPS) is 12.7. The second kappa shape index (κ2) is 12.5. The second-order valence-corrected chi connectivity index (χ2v) is 10.1. The van der Waals surface area contributed by atoms with E-state index in [1.807, 2.05) is 60.7 Å². The predicted molar refractivity (Wildman–Crippen MR) is 139 cm³/mol. The molecule has 0 bridgehead atoms. The summed E-state index contributed by atoms with van der Waals surface area (Å²) in [5.41, 5.74) is 8.02. The van der Waals surface area contributed by atoms with Crippen molar-refractivity contribution in [2.75, 3.05) is 4.90 Å². The van der Waals surface area contributed by atoms with Gasteiger partial charge in [-0.3, -0.25) is 19.5 Å². The summed E-state index contributed by atoms with van der Waals surface area (Å²) < 4.78 is 0.337. The van der Waals surface area contributed by atoms with Crippen molar-refractivity contribution in [1.82, 2.24) is 15.5 Å². The molecule has 3 amide bonds. The monoisotopic (exact) mass is 511 g/mol. The van der Waals surface area contributed by atoms with Gasteiger partial charge in [-0.25, -0.2) is 4.90 Å². The SMILES string of the molecule is CC(C)[C@H](NC(=O)[C@@H](N)Cc1ccccc1)C(=O)N(C(=O)CCc1ccccc1)c1n[nH]c(=S)s1. The fourth-order valence-electron chi connectivity index (χ4n) is 3.52. The number of hydrogen-bond donors (Lipinski definition) is 3. The lowest BCUT2D eigenvalue weighted by molar-refractivity contribution is -0.132. The number of aromatic nitrogens is 2. The van der Waals surface area contributed by atoms with E-state index in [9.17, 15) is 14.4 Å². The van der Waals surface area contributed by atoms with Gasteiger partial charge in [0, 0.05) is 6.42 Å². The van der Waals surface area contributed by atoms with Crippen LogP contribution in [0.25, 0.3) is 0 Å². The van der Waals surface area contributed by atoms with Gasteiger partial charge >= 0.3 is 0 Å². The van der Waals surface area contributed by atoms with Gasteiger partial charge in [0.05, 0.1) is 6.04 Å². The van der Waals surface area contributed by atoms with E-state index < -0.39 is 29.8 Å². The summed E-state index contributed by atoms with van der Waals surface area (Å²) in [6.07, 6.45) is 0.875. The number of aryl methyl sites for hydroxylation is 1. The third-order valence-corrected chi connectivity index (χ3v) is 6.50. The van der Waals surface area contributed by atoms with E-state index in [1.165, 1.54) is 0 Å². The summed E-state index contributed by atoms with van der Waals surface area (Å²) in [6, 6.07) is 17.1. The molecule has 2 aromatic carbocycles. The molecule has 0 saturated heterocycles. The number of aromatic amines is 1. The molecule has 1 heterocycles. The Balaban J connectivity index is 1.78. The van der Waals surface area contributed by atoms with Crippen molar-refractivity contribution in [1.29, 1.82) is 0 Å². The molecule has 3 rings (SSSR count). The van der Waals surface area contributed by atoms with E-state index in [1.54, 1.807) is 13.8 Å². The molecule has 0 aliphatic carbocycles. The number of carbonyl (C=O) groups excluding carboxylic acids is 3. The summed E-state index contributed by atoms with van der Waals surface area (Å²) in [5.74, 6) is -1.76. The van der Waals surface area contributed by atoms with Gasteiger partial charge in [-0.05, 0) is 42.1 Å². The number of benzene rings is 2. The number of carbonyl (C=O) groups is 3. The molecule has 8 nitrogen and oxygen atoms in total. The molecule has 2 atom stereocenters. The molecule has 4 N–H and O–H groups in total. The van der Waals surface area contributed by atoms with Gasteiger partial charge in [0.1, 0.15) is 6.04 Å². The van der Waals surface area contributed by atoms with Gasteiger partial charge in [-0.2, -0.15) is 0 Å². The quantitative estimate of drug-likeness (QED) is 0.359. The molecule has 0 radical (unpaired) electrons. The minimum absolute atomic E-state index is 0.0916. The van der Waals surface area contributed by atoms with E-state index in [0.29, 0.717) is 16.8 Å². The van der Waals surface area contributed by atoms with Crippen LogP contribution in [0.15, 0.2) is 60.7 Å². The predicted octanol–water partition coefficient (Wildman–Crippen LogP) is 3.40. The number of imide groups is 1. The van der Waals surface area contributed by atoms with Crippen LogP contribution >= 0.6 is 23.6 Å². The largest absolute Gasteiger partial charge is 0.343 e. The van der Waals surface area contributed by atoms with Crippen LogP contribution in [0.2, 0.25) is 0 Å². The lowest BCUT2D eigenvalue weighted by atomic mass is 10.0. The summed E-state index contributed by atoms with van der Waals surface area (Å²) in [4.78, 5) is 40.8. The number of nitrogens with two attached hydrogens (primary N) is 1. The first-order valence-electron chi connectivity index (χ1n) is 11.3. The second-order valence-electron chi connectivity index (χ2n) is 8.48.